The molecule has 2 aliphatic rings. The summed E-state index contributed by atoms with van der Waals surface area (Å²) in [7, 11) is 0. The minimum Gasteiger partial charge on any atom is -0.352 e. The summed E-state index contributed by atoms with van der Waals surface area (Å²) in [5.74, 6) is 1.19. The lowest BCUT2D eigenvalue weighted by Crippen LogP contribution is -2.56. The summed E-state index contributed by atoms with van der Waals surface area (Å²) < 4.78 is 0. The highest BCUT2D eigenvalue weighted by atomic mass is 35.5. The number of aromatic nitrogens is 1. The van der Waals surface area contributed by atoms with E-state index < -0.39 is 0 Å². The predicted molar refractivity (Wildman–Crippen MR) is 75.6 cm³/mol. The van der Waals surface area contributed by atoms with Crippen molar-refractivity contribution in [3.8, 4) is 0 Å². The molecule has 2 unspecified atom stereocenters. The van der Waals surface area contributed by atoms with Crippen LogP contribution in [0, 0.1) is 6.92 Å². The quantitative estimate of drug-likeness (QED) is 0.775. The first-order valence-electron chi connectivity index (χ1n) is 6.75. The van der Waals surface area contributed by atoms with Crippen molar-refractivity contribution in [1.29, 1.82) is 0 Å². The fourth-order valence-corrected chi connectivity index (χ4v) is 3.41. The lowest BCUT2D eigenvalue weighted by atomic mass is 10.2. The van der Waals surface area contributed by atoms with Gasteiger partial charge in [0.25, 0.3) is 0 Å². The number of fused-ring (bicyclic) bond motifs is 2. The summed E-state index contributed by atoms with van der Waals surface area (Å²) in [5, 5.41) is 0. The van der Waals surface area contributed by atoms with Gasteiger partial charge in [0.1, 0.15) is 11.7 Å². The first-order valence-corrected chi connectivity index (χ1v) is 7.28. The van der Waals surface area contributed by atoms with Gasteiger partial charge in [-0.25, -0.2) is 4.98 Å². The minimum atomic E-state index is 0.0750. The number of halogens is 1. The van der Waals surface area contributed by atoms with Crippen LogP contribution in [0.25, 0.3) is 0 Å². The van der Waals surface area contributed by atoms with Crippen molar-refractivity contribution in [2.45, 2.75) is 31.8 Å². The Hall–Kier alpha value is -1.29. The number of aryl methyl sites for hydroxylation is 1. The van der Waals surface area contributed by atoms with Gasteiger partial charge >= 0.3 is 0 Å². The van der Waals surface area contributed by atoms with Gasteiger partial charge in [0, 0.05) is 30.9 Å². The van der Waals surface area contributed by atoms with E-state index in [0.29, 0.717) is 12.1 Å². The average molecular weight is 280 g/mol. The second-order valence-electron chi connectivity index (χ2n) is 5.36. The summed E-state index contributed by atoms with van der Waals surface area (Å²) in [6, 6.07) is 6.69. The zero-order valence-electron chi connectivity index (χ0n) is 11.1. The summed E-state index contributed by atoms with van der Waals surface area (Å²) in [6.45, 7) is 3.75. The van der Waals surface area contributed by atoms with Crippen molar-refractivity contribution in [2.75, 3.05) is 23.9 Å². The number of hydrogen-bond donors (Lipinski definition) is 0. The second-order valence-corrected chi connectivity index (χ2v) is 5.63. The Bertz CT molecular complexity index is 479. The Morgan fingerprint density at radius 3 is 2.63 bits per heavy atom. The van der Waals surface area contributed by atoms with E-state index in [4.69, 9.17) is 11.6 Å². The molecule has 2 saturated heterocycles. The topological polar surface area (TPSA) is 36.4 Å². The molecule has 1 amide bonds. The van der Waals surface area contributed by atoms with Crippen LogP contribution in [-0.2, 0) is 4.79 Å². The number of alkyl halides is 1. The summed E-state index contributed by atoms with van der Waals surface area (Å²) >= 11 is 5.70. The number of carbonyl (C=O) groups excluding carboxylic acids is 1. The van der Waals surface area contributed by atoms with E-state index >= 15 is 0 Å². The third kappa shape index (κ3) is 2.29. The minimum absolute atomic E-state index is 0.0750. The number of amides is 1. The van der Waals surface area contributed by atoms with Crippen LogP contribution in [0.2, 0.25) is 0 Å². The van der Waals surface area contributed by atoms with E-state index in [1.807, 2.05) is 30.0 Å². The Kier molecular flexibility index (Phi) is 3.35. The molecular weight excluding hydrogens is 262 g/mol. The van der Waals surface area contributed by atoms with E-state index in [1.165, 1.54) is 0 Å². The van der Waals surface area contributed by atoms with Gasteiger partial charge in [0.2, 0.25) is 5.91 Å². The van der Waals surface area contributed by atoms with Crippen LogP contribution in [0.5, 0.6) is 0 Å². The standard InChI is InChI=1S/C14H18ClN3O/c1-10-3-2-4-13(16-10)17-8-11-5-6-12(9-17)18(11)14(19)7-15/h2-4,11-12H,5-9H2,1H3. The zero-order valence-corrected chi connectivity index (χ0v) is 11.8. The largest absolute Gasteiger partial charge is 0.352 e. The molecule has 0 radical (unpaired) electrons. The molecular formula is C14H18ClN3O. The fourth-order valence-electron chi connectivity index (χ4n) is 3.27. The molecule has 0 N–H and O–H groups in total. The summed E-state index contributed by atoms with van der Waals surface area (Å²) in [6.07, 6.45) is 2.16. The van der Waals surface area contributed by atoms with E-state index in [9.17, 15) is 4.79 Å². The highest BCUT2D eigenvalue weighted by Crippen LogP contribution is 2.32. The molecule has 0 saturated carbocycles. The monoisotopic (exact) mass is 279 g/mol. The Morgan fingerprint density at radius 2 is 2.05 bits per heavy atom. The lowest BCUT2D eigenvalue weighted by molar-refractivity contribution is -0.131. The molecule has 0 spiro atoms. The van der Waals surface area contributed by atoms with Gasteiger partial charge in [0.05, 0.1) is 0 Å². The molecule has 0 aliphatic carbocycles. The maximum Gasteiger partial charge on any atom is 0.238 e. The van der Waals surface area contributed by atoms with Gasteiger partial charge in [-0.1, -0.05) is 6.07 Å². The number of rotatable bonds is 2. The molecule has 1 aromatic rings. The molecule has 19 heavy (non-hydrogen) atoms. The molecule has 2 atom stereocenters. The Labute approximate surface area is 118 Å². The summed E-state index contributed by atoms with van der Waals surface area (Å²) in [4.78, 5) is 20.8. The molecule has 2 bridgehead atoms. The van der Waals surface area contributed by atoms with Gasteiger partial charge in [-0.3, -0.25) is 4.79 Å². The third-order valence-corrected chi connectivity index (χ3v) is 4.31. The normalized spacial score (nSPS) is 25.8. The molecule has 1 aromatic heterocycles. The Balaban J connectivity index is 1.79. The van der Waals surface area contributed by atoms with Crippen molar-refractivity contribution in [2.24, 2.45) is 0 Å². The number of hydrogen-bond acceptors (Lipinski definition) is 3. The van der Waals surface area contributed by atoms with Crippen molar-refractivity contribution < 1.29 is 4.79 Å². The average Bonchev–Trinajstić information content (AvgIpc) is 2.68. The highest BCUT2D eigenvalue weighted by Gasteiger charge is 2.42. The number of pyridine rings is 1. The van der Waals surface area contributed by atoms with Crippen LogP contribution in [0.3, 0.4) is 0 Å². The van der Waals surface area contributed by atoms with Crippen LogP contribution in [0.1, 0.15) is 18.5 Å². The van der Waals surface area contributed by atoms with Crippen LogP contribution in [0.15, 0.2) is 18.2 Å². The molecule has 4 nitrogen and oxygen atoms in total. The number of carbonyl (C=O) groups is 1. The number of nitrogens with zero attached hydrogens (tertiary/aromatic N) is 3. The van der Waals surface area contributed by atoms with Crippen LogP contribution >= 0.6 is 11.6 Å². The van der Waals surface area contributed by atoms with E-state index in [-0.39, 0.29) is 11.8 Å². The Morgan fingerprint density at radius 1 is 1.37 bits per heavy atom. The lowest BCUT2D eigenvalue weighted by Gasteiger charge is -2.41. The molecule has 2 fully saturated rings. The molecule has 5 heteroatoms. The van der Waals surface area contributed by atoms with Crippen molar-refractivity contribution in [3.63, 3.8) is 0 Å². The SMILES string of the molecule is Cc1cccc(N2CC3CCC(C2)N3C(=O)CCl)n1. The maximum atomic E-state index is 11.9. The maximum absolute atomic E-state index is 11.9. The van der Waals surface area contributed by atoms with Crippen molar-refractivity contribution in [3.05, 3.63) is 23.9 Å². The third-order valence-electron chi connectivity index (χ3n) is 4.08. The molecule has 3 heterocycles. The van der Waals surface area contributed by atoms with Gasteiger partial charge in [0.15, 0.2) is 0 Å². The van der Waals surface area contributed by atoms with Gasteiger partial charge in [-0.05, 0) is 31.9 Å². The van der Waals surface area contributed by atoms with E-state index in [2.05, 4.69) is 9.88 Å². The summed E-state index contributed by atoms with van der Waals surface area (Å²) in [5.41, 5.74) is 1.03. The second kappa shape index (κ2) is 5.00. The number of anilines is 1. The predicted octanol–water partition coefficient (Wildman–Crippen LogP) is 1.81. The molecule has 2 aliphatic heterocycles. The molecule has 102 valence electrons. The van der Waals surface area contributed by atoms with E-state index in [0.717, 1.165) is 37.4 Å². The van der Waals surface area contributed by atoms with Gasteiger partial charge < -0.3 is 9.80 Å². The van der Waals surface area contributed by atoms with Gasteiger partial charge in [-0.15, -0.1) is 11.6 Å². The van der Waals surface area contributed by atoms with Crippen LogP contribution in [-0.4, -0.2) is 46.8 Å². The smallest absolute Gasteiger partial charge is 0.238 e. The molecule has 0 aromatic carbocycles. The van der Waals surface area contributed by atoms with Gasteiger partial charge in [-0.2, -0.15) is 0 Å². The molecule has 3 rings (SSSR count). The number of piperazine rings is 1. The first-order chi connectivity index (χ1) is 9.19. The van der Waals surface area contributed by atoms with E-state index in [1.54, 1.807) is 0 Å². The van der Waals surface area contributed by atoms with Crippen LogP contribution in [0.4, 0.5) is 5.82 Å². The van der Waals surface area contributed by atoms with Crippen molar-refractivity contribution >= 4 is 23.3 Å². The fraction of sp³-hybridized carbons (Fsp3) is 0.571. The van der Waals surface area contributed by atoms with Crippen LogP contribution < -0.4 is 4.90 Å². The highest BCUT2D eigenvalue weighted by molar-refractivity contribution is 6.27. The zero-order chi connectivity index (χ0) is 13.4. The first kappa shape index (κ1) is 12.7. The van der Waals surface area contributed by atoms with Crippen molar-refractivity contribution in [1.82, 2.24) is 9.88 Å².